The summed E-state index contributed by atoms with van der Waals surface area (Å²) in [7, 11) is 0. The van der Waals surface area contributed by atoms with Crippen molar-refractivity contribution in [2.24, 2.45) is 0 Å². The van der Waals surface area contributed by atoms with Crippen LogP contribution in [-0.4, -0.2) is 54.2 Å². The number of anilines is 2. The number of hydrogen-bond donors (Lipinski definition) is 1. The van der Waals surface area contributed by atoms with E-state index in [4.69, 9.17) is 9.72 Å². The Morgan fingerprint density at radius 2 is 1.94 bits per heavy atom. The number of aromatic nitrogens is 2. The molecule has 1 fully saturated rings. The number of hydrogen-bond acceptors (Lipinski definition) is 7. The van der Waals surface area contributed by atoms with Gasteiger partial charge in [0.25, 0.3) is 0 Å². The van der Waals surface area contributed by atoms with Crippen LogP contribution in [0.2, 0.25) is 0 Å². The molecule has 0 atom stereocenters. The molecule has 0 spiro atoms. The molecular formula is C24H26N4O2S2. The molecule has 6 nitrogen and oxygen atoms in total. The lowest BCUT2D eigenvalue weighted by molar-refractivity contribution is -0.113. The second-order valence-electron chi connectivity index (χ2n) is 7.36. The second-order valence-corrected chi connectivity index (χ2v) is 9.32. The number of morpholine rings is 1. The predicted molar refractivity (Wildman–Crippen MR) is 132 cm³/mol. The molecule has 0 saturated carbocycles. The zero-order valence-electron chi connectivity index (χ0n) is 18.0. The Labute approximate surface area is 197 Å². The van der Waals surface area contributed by atoms with E-state index in [1.54, 1.807) is 18.0 Å². The van der Waals surface area contributed by atoms with Gasteiger partial charge < -0.3 is 15.0 Å². The van der Waals surface area contributed by atoms with Crippen LogP contribution >= 0.6 is 23.5 Å². The van der Waals surface area contributed by atoms with Crippen molar-refractivity contribution in [3.63, 3.8) is 0 Å². The van der Waals surface area contributed by atoms with Gasteiger partial charge in [-0.2, -0.15) is 11.8 Å². The molecule has 1 saturated heterocycles. The number of rotatable bonds is 8. The Balaban J connectivity index is 1.39. The number of ether oxygens (including phenoxy) is 1. The van der Waals surface area contributed by atoms with Gasteiger partial charge >= 0.3 is 0 Å². The summed E-state index contributed by atoms with van der Waals surface area (Å²) < 4.78 is 5.43. The fourth-order valence-electron chi connectivity index (χ4n) is 3.44. The Bertz CT molecular complexity index is 1040. The van der Waals surface area contributed by atoms with E-state index in [2.05, 4.69) is 39.5 Å². The number of amides is 1. The first-order chi connectivity index (χ1) is 15.7. The first-order valence-electron chi connectivity index (χ1n) is 10.5. The lowest BCUT2D eigenvalue weighted by Gasteiger charge is -2.28. The highest BCUT2D eigenvalue weighted by Crippen LogP contribution is 2.28. The lowest BCUT2D eigenvalue weighted by Crippen LogP contribution is -2.36. The van der Waals surface area contributed by atoms with Crippen LogP contribution in [0.25, 0.3) is 0 Å². The summed E-state index contributed by atoms with van der Waals surface area (Å²) in [5, 5.41) is 3.81. The molecule has 1 aliphatic heterocycles. The van der Waals surface area contributed by atoms with Gasteiger partial charge in [0, 0.05) is 42.0 Å². The zero-order chi connectivity index (χ0) is 22.2. The highest BCUT2D eigenvalue weighted by atomic mass is 32.2. The number of nitrogens with zero attached hydrogens (tertiary/aromatic N) is 3. The molecule has 0 unspecified atom stereocenters. The van der Waals surface area contributed by atoms with Crippen molar-refractivity contribution in [2.45, 2.75) is 16.3 Å². The molecule has 2 aromatic carbocycles. The van der Waals surface area contributed by atoms with Crippen LogP contribution in [0.3, 0.4) is 0 Å². The van der Waals surface area contributed by atoms with Gasteiger partial charge in [-0.3, -0.25) is 4.79 Å². The van der Waals surface area contributed by atoms with E-state index in [0.29, 0.717) is 12.2 Å². The van der Waals surface area contributed by atoms with E-state index < -0.39 is 0 Å². The van der Waals surface area contributed by atoms with Crippen LogP contribution in [0.5, 0.6) is 0 Å². The number of thioether (sulfide) groups is 1. The molecule has 32 heavy (non-hydrogen) atoms. The van der Waals surface area contributed by atoms with E-state index in [1.807, 2.05) is 36.6 Å². The number of benzene rings is 2. The van der Waals surface area contributed by atoms with Gasteiger partial charge in [0.1, 0.15) is 10.9 Å². The van der Waals surface area contributed by atoms with Crippen LogP contribution in [0.15, 0.2) is 70.7 Å². The first-order valence-corrected chi connectivity index (χ1v) is 12.7. The Morgan fingerprint density at radius 1 is 1.12 bits per heavy atom. The normalized spacial score (nSPS) is 13.7. The van der Waals surface area contributed by atoms with Crippen LogP contribution in [0.4, 0.5) is 11.4 Å². The zero-order valence-corrected chi connectivity index (χ0v) is 19.6. The summed E-state index contributed by atoms with van der Waals surface area (Å²) in [6, 6.07) is 18.4. The van der Waals surface area contributed by atoms with E-state index in [9.17, 15) is 4.79 Å². The van der Waals surface area contributed by atoms with E-state index >= 15 is 0 Å². The van der Waals surface area contributed by atoms with Crippen molar-refractivity contribution in [3.05, 3.63) is 72.2 Å². The van der Waals surface area contributed by atoms with Crippen molar-refractivity contribution in [1.29, 1.82) is 0 Å². The maximum atomic E-state index is 11.8. The summed E-state index contributed by atoms with van der Waals surface area (Å²) in [5.41, 5.74) is 3.21. The fourth-order valence-corrected chi connectivity index (χ4v) is 4.63. The maximum Gasteiger partial charge on any atom is 0.234 e. The third kappa shape index (κ3) is 6.48. The van der Waals surface area contributed by atoms with Gasteiger partial charge in [0.15, 0.2) is 0 Å². The molecule has 0 aliphatic carbocycles. The molecule has 2 heterocycles. The van der Waals surface area contributed by atoms with Crippen LogP contribution < -0.4 is 10.2 Å². The van der Waals surface area contributed by atoms with E-state index in [1.165, 1.54) is 23.0 Å². The lowest BCUT2D eigenvalue weighted by atomic mass is 10.1. The molecule has 1 aliphatic rings. The summed E-state index contributed by atoms with van der Waals surface area (Å²) >= 11 is 3.07. The molecular weight excluding hydrogens is 440 g/mol. The monoisotopic (exact) mass is 466 g/mol. The highest BCUT2D eigenvalue weighted by molar-refractivity contribution is 7.99. The average molecular weight is 467 g/mol. The average Bonchev–Trinajstić information content (AvgIpc) is 2.81. The Morgan fingerprint density at radius 3 is 2.72 bits per heavy atom. The van der Waals surface area contributed by atoms with Gasteiger partial charge in [0.05, 0.1) is 19.0 Å². The minimum absolute atomic E-state index is 0.00334. The molecule has 1 amide bonds. The predicted octanol–water partition coefficient (Wildman–Crippen LogP) is 4.36. The van der Waals surface area contributed by atoms with Crippen molar-refractivity contribution < 1.29 is 9.53 Å². The molecule has 0 bridgehead atoms. The minimum Gasteiger partial charge on any atom is -0.378 e. The quantitative estimate of drug-likeness (QED) is 0.495. The number of carbonyl (C=O) groups is 1. The minimum atomic E-state index is 0.00334. The Kier molecular flexibility index (Phi) is 8.03. The molecule has 3 aromatic rings. The summed E-state index contributed by atoms with van der Waals surface area (Å²) in [5.74, 6) is 1.24. The summed E-state index contributed by atoms with van der Waals surface area (Å²) in [6.07, 6.45) is 4.40. The molecule has 0 radical (unpaired) electrons. The number of carbonyl (C=O) groups excluding carboxylic acids is 1. The van der Waals surface area contributed by atoms with Crippen LogP contribution in [0, 0.1) is 0 Å². The van der Waals surface area contributed by atoms with Gasteiger partial charge in [-0.15, -0.1) is 0 Å². The van der Waals surface area contributed by atoms with Crippen LogP contribution in [-0.2, 0) is 16.0 Å². The third-order valence-electron chi connectivity index (χ3n) is 4.97. The molecule has 4 rings (SSSR count). The molecule has 166 valence electrons. The van der Waals surface area contributed by atoms with Gasteiger partial charge in [-0.1, -0.05) is 30.0 Å². The van der Waals surface area contributed by atoms with E-state index in [0.717, 1.165) is 47.7 Å². The maximum absolute atomic E-state index is 11.8. The van der Waals surface area contributed by atoms with Crippen molar-refractivity contribution in [2.75, 3.05) is 48.5 Å². The van der Waals surface area contributed by atoms with E-state index in [-0.39, 0.29) is 5.91 Å². The largest absolute Gasteiger partial charge is 0.378 e. The third-order valence-corrected chi connectivity index (χ3v) is 6.45. The topological polar surface area (TPSA) is 67.4 Å². The van der Waals surface area contributed by atoms with Gasteiger partial charge in [-0.05, 0) is 48.2 Å². The smallest absolute Gasteiger partial charge is 0.234 e. The van der Waals surface area contributed by atoms with Crippen molar-refractivity contribution >= 4 is 40.8 Å². The van der Waals surface area contributed by atoms with Crippen molar-refractivity contribution in [1.82, 2.24) is 9.97 Å². The Hall–Kier alpha value is -2.55. The van der Waals surface area contributed by atoms with Gasteiger partial charge in [-0.25, -0.2) is 9.97 Å². The second kappa shape index (κ2) is 11.4. The van der Waals surface area contributed by atoms with Crippen molar-refractivity contribution in [3.8, 4) is 0 Å². The fraction of sp³-hybridized carbons (Fsp3) is 0.292. The summed E-state index contributed by atoms with van der Waals surface area (Å²) in [6.45, 7) is 3.44. The SMILES string of the molecule is CSCC(=O)Nc1cccc(Sc2ccnc(Cc3ccc(N4CCOCC4)cc3)n2)c1. The summed E-state index contributed by atoms with van der Waals surface area (Å²) in [4.78, 5) is 24.4. The molecule has 1 N–H and O–H groups in total. The molecule has 8 heteroatoms. The highest BCUT2D eigenvalue weighted by Gasteiger charge is 2.11. The standard InChI is InChI=1S/C24H26N4O2S2/c1-31-17-23(29)26-19-3-2-4-21(16-19)32-24-9-10-25-22(27-24)15-18-5-7-20(8-6-18)28-11-13-30-14-12-28/h2-10,16H,11-15,17H2,1H3,(H,26,29). The first kappa shape index (κ1) is 22.6. The molecule has 1 aromatic heterocycles. The number of nitrogens with one attached hydrogen (secondary N) is 1. The van der Waals surface area contributed by atoms with Crippen LogP contribution in [0.1, 0.15) is 11.4 Å². The van der Waals surface area contributed by atoms with Gasteiger partial charge in [0.2, 0.25) is 5.91 Å².